The first-order valence-electron chi connectivity index (χ1n) is 2.27. The van der Waals surface area contributed by atoms with Gasteiger partial charge in [-0.15, -0.1) is 0 Å². The van der Waals surface area contributed by atoms with Gasteiger partial charge in [-0.2, -0.15) is 0 Å². The molecule has 0 aliphatic heterocycles. The maximum atomic E-state index is 2.08. The highest BCUT2D eigenvalue weighted by molar-refractivity contribution is 7.15. The minimum absolute atomic E-state index is 1.68. The maximum absolute atomic E-state index is 2.08. The van der Waals surface area contributed by atoms with Crippen LogP contribution in [0.25, 0.3) is 0 Å². The summed E-state index contributed by atoms with van der Waals surface area (Å²) in [7, 11) is 6.09. The summed E-state index contributed by atoms with van der Waals surface area (Å²) in [5.41, 5.74) is 0. The number of rotatable bonds is 0. The van der Waals surface area contributed by atoms with Crippen LogP contribution in [-0.4, -0.2) is 11.5 Å². The van der Waals surface area contributed by atoms with Crippen molar-refractivity contribution < 1.29 is 0 Å². The molecule has 0 radical (unpaired) electrons. The van der Waals surface area contributed by atoms with Gasteiger partial charge in [-0.3, -0.25) is 0 Å². The second-order valence-electron chi connectivity index (χ2n) is 1.53. The van der Waals surface area contributed by atoms with E-state index in [2.05, 4.69) is 11.5 Å². The van der Waals surface area contributed by atoms with Crippen LogP contribution in [0.15, 0.2) is 0 Å². The Hall–Kier alpha value is -0.160. The molecule has 1 aromatic rings. The average Bonchev–Trinajstić information content (AvgIpc) is 1.85. The molecule has 0 aliphatic carbocycles. The Morgan fingerprint density at radius 2 is 1.25 bits per heavy atom. The normalized spacial score (nSPS) is 9.88. The predicted octanol–water partition coefficient (Wildman–Crippen LogP) is 0.950. The minimum atomic E-state index is 1.68. The molecule has 0 atom stereocenters. The Morgan fingerprint density at radius 1 is 0.875 bits per heavy atom. The van der Waals surface area contributed by atoms with E-state index in [4.69, 9.17) is 0 Å². The molecule has 1 heterocycles. The third-order valence-corrected chi connectivity index (χ3v) is 2.79. The van der Waals surface area contributed by atoms with Crippen molar-refractivity contribution in [2.45, 2.75) is 0 Å². The Labute approximate surface area is 56.6 Å². The number of hydrogen-bond donors (Lipinski definition) is 0. The maximum Gasteiger partial charge on any atom is 0.0514 e. The highest BCUT2D eigenvalue weighted by Crippen LogP contribution is 2.00. The van der Waals surface area contributed by atoms with Crippen LogP contribution in [0.3, 0.4) is 0 Å². The summed E-state index contributed by atoms with van der Waals surface area (Å²) in [5, 5.41) is 0. The summed E-state index contributed by atoms with van der Waals surface area (Å²) < 4.78 is 6.20. The first kappa shape index (κ1) is 5.97. The van der Waals surface area contributed by atoms with Crippen molar-refractivity contribution in [3.8, 4) is 0 Å². The van der Waals surface area contributed by atoms with Gasteiger partial charge in [-0.1, -0.05) is 0 Å². The van der Waals surface area contributed by atoms with E-state index in [1.165, 1.54) is 0 Å². The Balaban J connectivity index is 3.14. The van der Waals surface area contributed by atoms with E-state index in [1.807, 2.05) is 21.1 Å². The van der Waals surface area contributed by atoms with Crippen LogP contribution in [0.4, 0.5) is 0 Å². The molecule has 0 aromatic carbocycles. The second-order valence-corrected chi connectivity index (χ2v) is 4.24. The van der Waals surface area contributed by atoms with E-state index >= 15 is 0 Å². The van der Waals surface area contributed by atoms with Gasteiger partial charge in [0.05, 0.1) is 23.5 Å². The summed E-state index contributed by atoms with van der Waals surface area (Å²) in [6, 6.07) is 0. The van der Waals surface area contributed by atoms with Gasteiger partial charge in [0, 0.05) is 21.1 Å². The van der Waals surface area contributed by atoms with E-state index in [9.17, 15) is 0 Å². The van der Waals surface area contributed by atoms with E-state index in [-0.39, 0.29) is 0 Å². The molecule has 0 fully saturated rings. The van der Waals surface area contributed by atoms with E-state index in [0.717, 1.165) is 0 Å². The van der Waals surface area contributed by atoms with Crippen LogP contribution < -0.4 is 0 Å². The third-order valence-electron chi connectivity index (χ3n) is 0.863. The lowest BCUT2D eigenvalue weighted by Crippen LogP contribution is -1.95. The summed E-state index contributed by atoms with van der Waals surface area (Å²) in [5.74, 6) is 0. The van der Waals surface area contributed by atoms with Gasteiger partial charge in [0.1, 0.15) is 0 Å². The number of aromatic nitrogens is 3. The lowest BCUT2D eigenvalue weighted by Gasteiger charge is -1.89. The molecule has 5 heteroatoms. The van der Waals surface area contributed by atoms with Crippen molar-refractivity contribution in [3.05, 3.63) is 0 Å². The molecule has 0 unspecified atom stereocenters. The standard InChI is InChI=1S/C3H9N3S2/c1-4-5(2)8-6(3)7-4/h1-3H3. The van der Waals surface area contributed by atoms with Crippen molar-refractivity contribution in [1.82, 2.24) is 11.5 Å². The molecule has 0 aliphatic rings. The molecule has 0 N–H and O–H groups in total. The summed E-state index contributed by atoms with van der Waals surface area (Å²) in [6.07, 6.45) is 0. The van der Waals surface area contributed by atoms with Gasteiger partial charge in [-0.25, -0.2) is 11.5 Å². The summed E-state index contributed by atoms with van der Waals surface area (Å²) in [4.78, 5) is 0. The molecule has 48 valence electrons. The monoisotopic (exact) mass is 151 g/mol. The van der Waals surface area contributed by atoms with Crippen molar-refractivity contribution in [2.24, 2.45) is 21.1 Å². The average molecular weight is 151 g/mol. The van der Waals surface area contributed by atoms with Crippen molar-refractivity contribution in [2.75, 3.05) is 0 Å². The molecule has 0 amide bonds. The molecular formula is C3H9N3S2. The summed E-state index contributed by atoms with van der Waals surface area (Å²) >= 11 is 3.37. The molecule has 0 saturated carbocycles. The smallest absolute Gasteiger partial charge is 0.0514 e. The first-order chi connectivity index (χ1) is 3.70. The van der Waals surface area contributed by atoms with Crippen LogP contribution in [-0.2, 0) is 21.1 Å². The summed E-state index contributed by atoms with van der Waals surface area (Å²) in [6.45, 7) is 0. The number of nitrogens with zero attached hydrogens (tertiary/aromatic N) is 3. The lowest BCUT2D eigenvalue weighted by atomic mass is 11.4. The largest absolute Gasteiger partial charge is 0.225 e. The Bertz CT molecular complexity index is 175. The van der Waals surface area contributed by atoms with Crippen LogP contribution >= 0.6 is 23.5 Å². The van der Waals surface area contributed by atoms with Gasteiger partial charge >= 0.3 is 0 Å². The fraction of sp³-hybridized carbons (Fsp3) is 1.00. The zero-order chi connectivity index (χ0) is 6.15. The van der Waals surface area contributed by atoms with Gasteiger partial charge in [-0.05, 0) is 0 Å². The van der Waals surface area contributed by atoms with Crippen LogP contribution in [0, 0.1) is 0 Å². The molecule has 0 spiro atoms. The van der Waals surface area contributed by atoms with E-state index in [1.54, 1.807) is 23.5 Å². The Morgan fingerprint density at radius 3 is 1.38 bits per heavy atom. The van der Waals surface area contributed by atoms with Crippen LogP contribution in [0.5, 0.6) is 0 Å². The van der Waals surface area contributed by atoms with E-state index in [0.29, 0.717) is 0 Å². The fourth-order valence-electron chi connectivity index (χ4n) is 0.451. The molecule has 1 rings (SSSR count). The third kappa shape index (κ3) is 0.976. The Kier molecular flexibility index (Phi) is 1.48. The van der Waals surface area contributed by atoms with Crippen molar-refractivity contribution in [3.63, 3.8) is 0 Å². The topological polar surface area (TPSA) is 14.8 Å². The molecule has 0 bridgehead atoms. The zero-order valence-corrected chi connectivity index (χ0v) is 6.79. The van der Waals surface area contributed by atoms with Gasteiger partial charge in [0.15, 0.2) is 0 Å². The van der Waals surface area contributed by atoms with Gasteiger partial charge < -0.3 is 0 Å². The minimum Gasteiger partial charge on any atom is -0.225 e. The highest BCUT2D eigenvalue weighted by Gasteiger charge is 1.86. The highest BCUT2D eigenvalue weighted by atomic mass is 32.2. The fourth-order valence-corrected chi connectivity index (χ4v) is 2.20. The van der Waals surface area contributed by atoms with Gasteiger partial charge in [0.25, 0.3) is 0 Å². The second kappa shape index (κ2) is 1.99. The van der Waals surface area contributed by atoms with Crippen LogP contribution in [0.2, 0.25) is 0 Å². The molecule has 3 nitrogen and oxygen atoms in total. The molecular weight excluding hydrogens is 142 g/mol. The quantitative estimate of drug-likeness (QED) is 0.524. The predicted molar refractivity (Wildman–Crippen MR) is 36.7 cm³/mol. The zero-order valence-electron chi connectivity index (χ0n) is 5.16. The SMILES string of the molecule is Cn1sn(C)n(C)s1. The van der Waals surface area contributed by atoms with Crippen LogP contribution in [0.1, 0.15) is 0 Å². The molecule has 0 saturated heterocycles. The van der Waals surface area contributed by atoms with Crippen molar-refractivity contribution in [1.29, 1.82) is 0 Å². The van der Waals surface area contributed by atoms with Gasteiger partial charge in [0.2, 0.25) is 0 Å². The van der Waals surface area contributed by atoms with E-state index < -0.39 is 0 Å². The molecule has 1 aromatic heterocycles. The number of aryl methyl sites for hydroxylation is 3. The number of hydrogen-bond acceptors (Lipinski definition) is 2. The first-order valence-corrected chi connectivity index (χ1v) is 3.73. The van der Waals surface area contributed by atoms with Crippen molar-refractivity contribution >= 4 is 23.5 Å². The molecule has 8 heavy (non-hydrogen) atoms. The lowest BCUT2D eigenvalue weighted by molar-refractivity contribution is 0.694.